The second kappa shape index (κ2) is 8.20. The van der Waals surface area contributed by atoms with Gasteiger partial charge in [0.15, 0.2) is 11.6 Å². The molecule has 4 rings (SSSR count). The van der Waals surface area contributed by atoms with Crippen molar-refractivity contribution < 1.29 is 22.6 Å². The van der Waals surface area contributed by atoms with Gasteiger partial charge >= 0.3 is 0 Å². The van der Waals surface area contributed by atoms with Crippen molar-refractivity contribution in [2.45, 2.75) is 43.0 Å². The molecule has 0 bridgehead atoms. The van der Waals surface area contributed by atoms with Crippen LogP contribution in [-0.4, -0.2) is 60.1 Å². The van der Waals surface area contributed by atoms with Gasteiger partial charge in [0.05, 0.1) is 16.8 Å². The van der Waals surface area contributed by atoms with E-state index in [1.165, 1.54) is 6.07 Å². The molecule has 2 aliphatic rings. The SMILES string of the molecule is Nc1c(S(=O)(=O)O)cc(NC2CCCCC2)c2c1C(=O)c1ccccc1C2=O.[Na]. The van der Waals surface area contributed by atoms with Gasteiger partial charge in [0.25, 0.3) is 10.1 Å². The molecular weight excluding hydrogens is 403 g/mol. The minimum Gasteiger partial charge on any atom is -0.397 e. The molecule has 29 heavy (non-hydrogen) atoms. The van der Waals surface area contributed by atoms with E-state index in [1.807, 2.05) is 0 Å². The smallest absolute Gasteiger partial charge is 0.296 e. The Kier molecular flexibility index (Phi) is 6.21. The molecule has 0 amide bonds. The fourth-order valence-corrected chi connectivity index (χ4v) is 4.73. The Bertz CT molecular complexity index is 1110. The van der Waals surface area contributed by atoms with Crippen LogP contribution >= 0.6 is 0 Å². The van der Waals surface area contributed by atoms with E-state index < -0.39 is 32.3 Å². The number of hydrogen-bond donors (Lipinski definition) is 3. The van der Waals surface area contributed by atoms with Crippen LogP contribution in [-0.2, 0) is 10.1 Å². The Hall–Kier alpha value is -1.71. The molecule has 9 heteroatoms. The van der Waals surface area contributed by atoms with Gasteiger partial charge in [0.2, 0.25) is 0 Å². The van der Waals surface area contributed by atoms with Crippen LogP contribution < -0.4 is 11.1 Å². The van der Waals surface area contributed by atoms with E-state index in [2.05, 4.69) is 5.32 Å². The van der Waals surface area contributed by atoms with Crippen molar-refractivity contribution in [2.24, 2.45) is 0 Å². The number of hydrogen-bond acceptors (Lipinski definition) is 6. The maximum Gasteiger partial charge on any atom is 0.296 e. The fraction of sp³-hybridized carbons (Fsp3) is 0.300. The summed E-state index contributed by atoms with van der Waals surface area (Å²) in [6.45, 7) is 0. The Morgan fingerprint density at radius 2 is 1.52 bits per heavy atom. The average molecular weight is 423 g/mol. The molecule has 0 heterocycles. The fourth-order valence-electron chi connectivity index (χ4n) is 4.09. The second-order valence-electron chi connectivity index (χ2n) is 7.24. The molecule has 147 valence electrons. The number of rotatable bonds is 3. The van der Waals surface area contributed by atoms with E-state index in [9.17, 15) is 22.6 Å². The van der Waals surface area contributed by atoms with Gasteiger partial charge in [-0.3, -0.25) is 14.1 Å². The van der Waals surface area contributed by atoms with E-state index in [0.717, 1.165) is 38.2 Å². The zero-order valence-electron chi connectivity index (χ0n) is 16.1. The first-order valence-corrected chi connectivity index (χ1v) is 10.6. The number of carbonyl (C=O) groups is 2. The molecule has 4 N–H and O–H groups in total. The quantitative estimate of drug-likeness (QED) is 0.336. The van der Waals surface area contributed by atoms with Crippen LogP contribution in [0.15, 0.2) is 35.2 Å². The van der Waals surface area contributed by atoms with E-state index in [1.54, 1.807) is 18.2 Å². The number of ketones is 2. The Labute approximate surface area is 191 Å². The van der Waals surface area contributed by atoms with Crippen molar-refractivity contribution in [3.05, 3.63) is 52.6 Å². The summed E-state index contributed by atoms with van der Waals surface area (Å²) in [5.74, 6) is -0.919. The van der Waals surface area contributed by atoms with Crippen LogP contribution in [0.3, 0.4) is 0 Å². The third-order valence-corrected chi connectivity index (χ3v) is 6.34. The van der Waals surface area contributed by atoms with Crippen LogP contribution in [0.5, 0.6) is 0 Å². The van der Waals surface area contributed by atoms with Gasteiger partial charge < -0.3 is 11.1 Å². The summed E-state index contributed by atoms with van der Waals surface area (Å²) in [6, 6.07) is 7.58. The Morgan fingerprint density at radius 1 is 0.966 bits per heavy atom. The molecule has 2 aliphatic carbocycles. The van der Waals surface area contributed by atoms with Gasteiger partial charge in [0, 0.05) is 52.4 Å². The minimum atomic E-state index is -4.68. The van der Waals surface area contributed by atoms with Crippen LogP contribution in [0, 0.1) is 0 Å². The maximum atomic E-state index is 13.2. The molecule has 1 saturated carbocycles. The van der Waals surface area contributed by atoms with E-state index >= 15 is 0 Å². The molecule has 0 atom stereocenters. The van der Waals surface area contributed by atoms with E-state index in [-0.39, 0.29) is 63.5 Å². The minimum absolute atomic E-state index is 0. The van der Waals surface area contributed by atoms with Gasteiger partial charge in [-0.25, -0.2) is 0 Å². The third-order valence-electron chi connectivity index (χ3n) is 5.44. The van der Waals surface area contributed by atoms with Crippen LogP contribution in [0.1, 0.15) is 63.9 Å². The predicted molar refractivity (Wildman–Crippen MR) is 110 cm³/mol. The van der Waals surface area contributed by atoms with Crippen LogP contribution in [0.4, 0.5) is 11.4 Å². The Balaban J connectivity index is 0.00000240. The second-order valence-corrected chi connectivity index (χ2v) is 8.63. The molecule has 0 aromatic heterocycles. The summed E-state index contributed by atoms with van der Waals surface area (Å²) in [5.41, 5.74) is 6.10. The van der Waals surface area contributed by atoms with Crippen molar-refractivity contribution in [3.63, 3.8) is 0 Å². The van der Waals surface area contributed by atoms with Crippen molar-refractivity contribution in [3.8, 4) is 0 Å². The van der Waals surface area contributed by atoms with E-state index in [0.29, 0.717) is 0 Å². The van der Waals surface area contributed by atoms with Gasteiger partial charge in [-0.1, -0.05) is 43.5 Å². The monoisotopic (exact) mass is 423 g/mol. The average Bonchev–Trinajstić information content (AvgIpc) is 2.67. The number of nitrogen functional groups attached to an aromatic ring is 1. The molecule has 0 saturated heterocycles. The summed E-state index contributed by atoms with van der Waals surface area (Å²) in [4.78, 5) is 25.7. The first-order valence-electron chi connectivity index (χ1n) is 9.18. The first-order chi connectivity index (χ1) is 13.3. The van der Waals surface area contributed by atoms with Crippen molar-refractivity contribution in [1.29, 1.82) is 0 Å². The summed E-state index contributed by atoms with van der Waals surface area (Å²) in [7, 11) is -4.68. The summed E-state index contributed by atoms with van der Waals surface area (Å²) < 4.78 is 33.4. The maximum absolute atomic E-state index is 13.2. The number of nitrogens with two attached hydrogens (primary N) is 1. The first kappa shape index (κ1) is 22.0. The molecule has 7 nitrogen and oxygen atoms in total. The molecule has 1 fully saturated rings. The summed E-state index contributed by atoms with van der Waals surface area (Å²) in [6.07, 6.45) is 4.92. The van der Waals surface area contributed by atoms with Crippen molar-refractivity contribution >= 4 is 62.6 Å². The van der Waals surface area contributed by atoms with Gasteiger partial charge in [-0.2, -0.15) is 8.42 Å². The standard InChI is InChI=1S/C20H20N2O5S.Na/c21-18-15(28(25,26)27)10-14(22-11-6-2-1-3-7-11)16-17(18)20(24)13-9-5-4-8-12(13)19(16)23;/h4-5,8-11,22H,1-3,6-7,21H2,(H,25,26,27);. The number of carbonyl (C=O) groups excluding carboxylic acids is 2. The van der Waals surface area contributed by atoms with Gasteiger partial charge in [0.1, 0.15) is 4.90 Å². The van der Waals surface area contributed by atoms with Gasteiger partial charge in [-0.15, -0.1) is 0 Å². The van der Waals surface area contributed by atoms with Crippen molar-refractivity contribution in [1.82, 2.24) is 0 Å². The number of benzene rings is 2. The predicted octanol–water partition coefficient (Wildman–Crippen LogP) is 2.65. The molecule has 2 aromatic rings. The normalized spacial score (nSPS) is 16.6. The zero-order valence-corrected chi connectivity index (χ0v) is 18.9. The Morgan fingerprint density at radius 3 is 2.07 bits per heavy atom. The topological polar surface area (TPSA) is 127 Å². The van der Waals surface area contributed by atoms with Crippen LogP contribution in [0.2, 0.25) is 0 Å². The largest absolute Gasteiger partial charge is 0.397 e. The van der Waals surface area contributed by atoms with Gasteiger partial charge in [-0.05, 0) is 18.9 Å². The third kappa shape index (κ3) is 3.87. The molecule has 1 radical (unpaired) electrons. The number of fused-ring (bicyclic) bond motifs is 2. The number of anilines is 2. The molecular formula is C20H20N2NaO5S. The summed E-state index contributed by atoms with van der Waals surface area (Å²) >= 11 is 0. The molecule has 0 aliphatic heterocycles. The molecule has 0 unspecified atom stereocenters. The molecule has 0 spiro atoms. The molecule has 2 aromatic carbocycles. The summed E-state index contributed by atoms with van der Waals surface area (Å²) in [5, 5.41) is 3.23. The number of nitrogens with one attached hydrogen (secondary N) is 1. The van der Waals surface area contributed by atoms with E-state index in [4.69, 9.17) is 5.73 Å². The van der Waals surface area contributed by atoms with Crippen molar-refractivity contribution in [2.75, 3.05) is 11.1 Å². The van der Waals surface area contributed by atoms with Crippen LogP contribution in [0.25, 0.3) is 0 Å². The zero-order chi connectivity index (χ0) is 20.1.